The van der Waals surface area contributed by atoms with E-state index in [2.05, 4.69) is 10.3 Å². The second-order valence-corrected chi connectivity index (χ2v) is 6.63. The number of nitrogens with one attached hydrogen (secondary N) is 1. The van der Waals surface area contributed by atoms with Crippen LogP contribution in [0.2, 0.25) is 5.02 Å². The van der Waals surface area contributed by atoms with Crippen LogP contribution < -0.4 is 10.9 Å². The van der Waals surface area contributed by atoms with Crippen molar-refractivity contribution in [3.05, 3.63) is 73.8 Å². The van der Waals surface area contributed by atoms with Gasteiger partial charge >= 0.3 is 0 Å². The number of benzene rings is 2. The summed E-state index contributed by atoms with van der Waals surface area (Å²) in [6.07, 6.45) is 1.87. The van der Waals surface area contributed by atoms with Gasteiger partial charge < -0.3 is 5.32 Å². The normalized spacial score (nSPS) is 16.9. The second kappa shape index (κ2) is 6.51. The Morgan fingerprint density at radius 2 is 2.00 bits per heavy atom. The van der Waals surface area contributed by atoms with Gasteiger partial charge in [0.2, 0.25) is 0 Å². The summed E-state index contributed by atoms with van der Waals surface area (Å²) in [6.45, 7) is 0.861. The molecule has 0 saturated carbocycles. The number of fused-ring (bicyclic) bond motifs is 1. The van der Waals surface area contributed by atoms with Crippen molar-refractivity contribution in [3.63, 3.8) is 0 Å². The van der Waals surface area contributed by atoms with Crippen LogP contribution in [-0.4, -0.2) is 21.0 Å². The van der Waals surface area contributed by atoms with Crippen molar-refractivity contribution in [3.8, 4) is 5.69 Å². The van der Waals surface area contributed by atoms with Crippen LogP contribution in [0.3, 0.4) is 0 Å². The van der Waals surface area contributed by atoms with Crippen molar-refractivity contribution in [1.29, 1.82) is 0 Å². The summed E-state index contributed by atoms with van der Waals surface area (Å²) in [6, 6.07) is 11.0. The van der Waals surface area contributed by atoms with Crippen LogP contribution in [0.4, 0.5) is 5.69 Å². The lowest BCUT2D eigenvalue weighted by molar-refractivity contribution is -0.384. The molecule has 132 valence electrons. The molecule has 1 atom stereocenters. The highest BCUT2D eigenvalue weighted by Crippen LogP contribution is 2.26. The lowest BCUT2D eigenvalue weighted by atomic mass is 10.1. The van der Waals surface area contributed by atoms with Gasteiger partial charge in [0, 0.05) is 17.2 Å². The van der Waals surface area contributed by atoms with E-state index in [-0.39, 0.29) is 22.7 Å². The Morgan fingerprint density at radius 3 is 2.65 bits per heavy atom. The van der Waals surface area contributed by atoms with Gasteiger partial charge in [0.05, 0.1) is 27.6 Å². The zero-order chi connectivity index (χ0) is 18.3. The molecular formula is C18H15ClN4O3. The van der Waals surface area contributed by atoms with Crippen LogP contribution >= 0.6 is 11.6 Å². The van der Waals surface area contributed by atoms with Gasteiger partial charge in [0.25, 0.3) is 11.2 Å². The Labute approximate surface area is 153 Å². The van der Waals surface area contributed by atoms with E-state index in [1.54, 1.807) is 24.3 Å². The smallest absolute Gasteiger partial charge is 0.270 e. The topological polar surface area (TPSA) is 90.1 Å². The third-order valence-corrected chi connectivity index (χ3v) is 4.80. The Morgan fingerprint density at radius 1 is 1.23 bits per heavy atom. The van der Waals surface area contributed by atoms with E-state index in [9.17, 15) is 14.9 Å². The minimum absolute atomic E-state index is 0.0435. The number of hydrogen-bond donors (Lipinski definition) is 1. The van der Waals surface area contributed by atoms with Crippen molar-refractivity contribution in [2.75, 3.05) is 6.54 Å². The summed E-state index contributed by atoms with van der Waals surface area (Å²) in [5.74, 6) is 0.608. The molecular weight excluding hydrogens is 356 g/mol. The van der Waals surface area contributed by atoms with E-state index in [0.29, 0.717) is 22.1 Å². The number of halogens is 1. The minimum Gasteiger partial charge on any atom is -0.307 e. The van der Waals surface area contributed by atoms with Gasteiger partial charge in [0.1, 0.15) is 5.82 Å². The largest absolute Gasteiger partial charge is 0.307 e. The third-order valence-electron chi connectivity index (χ3n) is 4.55. The van der Waals surface area contributed by atoms with Crippen LogP contribution in [0.1, 0.15) is 24.7 Å². The summed E-state index contributed by atoms with van der Waals surface area (Å²) in [5, 5.41) is 15.2. The van der Waals surface area contributed by atoms with Gasteiger partial charge in [-0.25, -0.2) is 4.98 Å². The number of nitrogens with zero attached hydrogens (tertiary/aromatic N) is 3. The number of aromatic nitrogens is 2. The predicted octanol–water partition coefficient (Wildman–Crippen LogP) is 3.37. The molecule has 1 fully saturated rings. The molecule has 0 bridgehead atoms. The molecule has 0 unspecified atom stereocenters. The fourth-order valence-electron chi connectivity index (χ4n) is 3.28. The average molecular weight is 371 g/mol. The van der Waals surface area contributed by atoms with Gasteiger partial charge in [-0.15, -0.1) is 0 Å². The number of nitro groups is 1. The first-order valence-electron chi connectivity index (χ1n) is 8.25. The van der Waals surface area contributed by atoms with Crippen LogP contribution in [0.15, 0.2) is 47.3 Å². The van der Waals surface area contributed by atoms with E-state index in [4.69, 9.17) is 11.6 Å². The van der Waals surface area contributed by atoms with Crippen LogP contribution in [-0.2, 0) is 0 Å². The minimum atomic E-state index is -0.516. The Hall–Kier alpha value is -2.77. The van der Waals surface area contributed by atoms with Crippen LogP contribution in [0, 0.1) is 10.1 Å². The molecule has 7 nitrogen and oxygen atoms in total. The van der Waals surface area contributed by atoms with Gasteiger partial charge in [-0.1, -0.05) is 11.6 Å². The molecule has 8 heteroatoms. The SMILES string of the molecule is O=c1c2cc([N+](=O)[O-])ccc2nc([C@H]2CCCN2)n1-c1ccc(Cl)cc1. The third kappa shape index (κ3) is 2.85. The van der Waals surface area contributed by atoms with Crippen molar-refractivity contribution in [2.45, 2.75) is 18.9 Å². The molecule has 1 saturated heterocycles. The fourth-order valence-corrected chi connectivity index (χ4v) is 3.41. The Bertz CT molecular complexity index is 1060. The highest BCUT2D eigenvalue weighted by atomic mass is 35.5. The molecule has 4 rings (SSSR count). The quantitative estimate of drug-likeness (QED) is 0.564. The molecule has 1 aliphatic heterocycles. The average Bonchev–Trinajstić information content (AvgIpc) is 3.17. The monoisotopic (exact) mass is 370 g/mol. The summed E-state index contributed by atoms with van der Waals surface area (Å²) in [4.78, 5) is 28.4. The van der Waals surface area contributed by atoms with E-state index >= 15 is 0 Å². The zero-order valence-electron chi connectivity index (χ0n) is 13.7. The summed E-state index contributed by atoms with van der Waals surface area (Å²) < 4.78 is 1.52. The van der Waals surface area contributed by atoms with Crippen molar-refractivity contribution >= 4 is 28.2 Å². The molecule has 1 N–H and O–H groups in total. The molecule has 0 radical (unpaired) electrons. The molecule has 3 aromatic rings. The first-order chi connectivity index (χ1) is 12.5. The van der Waals surface area contributed by atoms with E-state index in [1.165, 1.54) is 22.8 Å². The van der Waals surface area contributed by atoms with E-state index in [1.807, 2.05) is 0 Å². The van der Waals surface area contributed by atoms with Gasteiger partial charge in [-0.2, -0.15) is 0 Å². The first-order valence-corrected chi connectivity index (χ1v) is 8.63. The molecule has 26 heavy (non-hydrogen) atoms. The lowest BCUT2D eigenvalue weighted by Crippen LogP contribution is -2.28. The van der Waals surface area contributed by atoms with Crippen LogP contribution in [0.5, 0.6) is 0 Å². The molecule has 0 aliphatic carbocycles. The van der Waals surface area contributed by atoms with Crippen LogP contribution in [0.25, 0.3) is 16.6 Å². The van der Waals surface area contributed by atoms with Crippen molar-refractivity contribution in [1.82, 2.24) is 14.9 Å². The second-order valence-electron chi connectivity index (χ2n) is 6.19. The van der Waals surface area contributed by atoms with Crippen molar-refractivity contribution in [2.24, 2.45) is 0 Å². The Balaban J connectivity index is 2.02. The maximum absolute atomic E-state index is 13.2. The number of non-ortho nitro benzene ring substituents is 1. The molecule has 1 aromatic heterocycles. The summed E-state index contributed by atoms with van der Waals surface area (Å²) >= 11 is 5.97. The summed E-state index contributed by atoms with van der Waals surface area (Å²) in [7, 11) is 0. The number of nitro benzene ring substituents is 1. The van der Waals surface area contributed by atoms with Gasteiger partial charge in [0.15, 0.2) is 0 Å². The summed E-state index contributed by atoms with van der Waals surface area (Å²) in [5.41, 5.74) is 0.619. The fraction of sp³-hybridized carbons (Fsp3) is 0.222. The highest BCUT2D eigenvalue weighted by Gasteiger charge is 2.24. The number of hydrogen-bond acceptors (Lipinski definition) is 5. The molecule has 1 aliphatic rings. The molecule has 0 amide bonds. The molecule has 2 heterocycles. The van der Waals surface area contributed by atoms with E-state index in [0.717, 1.165) is 19.4 Å². The standard InChI is InChI=1S/C18H15ClN4O3/c19-11-3-5-12(6-4-11)22-17(16-2-1-9-20-16)21-15-8-7-13(23(25)26)10-14(15)18(22)24/h3-8,10,16,20H,1-2,9H2/t16-/m1/s1. The molecule has 0 spiro atoms. The van der Waals surface area contributed by atoms with Crippen molar-refractivity contribution < 1.29 is 4.92 Å². The number of rotatable bonds is 3. The lowest BCUT2D eigenvalue weighted by Gasteiger charge is -2.18. The van der Waals surface area contributed by atoms with E-state index < -0.39 is 4.92 Å². The zero-order valence-corrected chi connectivity index (χ0v) is 14.4. The molecule has 2 aromatic carbocycles. The predicted molar refractivity (Wildman–Crippen MR) is 99.0 cm³/mol. The maximum Gasteiger partial charge on any atom is 0.270 e. The highest BCUT2D eigenvalue weighted by molar-refractivity contribution is 6.30. The first kappa shape index (κ1) is 16.7. The Kier molecular flexibility index (Phi) is 4.18. The maximum atomic E-state index is 13.2. The van der Waals surface area contributed by atoms with Gasteiger partial charge in [-0.3, -0.25) is 19.5 Å². The van der Waals surface area contributed by atoms with Gasteiger partial charge in [-0.05, 0) is 49.7 Å².